The molecule has 0 radical (unpaired) electrons. The molecular formula is C18H25N5OS. The van der Waals surface area contributed by atoms with E-state index in [2.05, 4.69) is 45.8 Å². The average molecular weight is 359 g/mol. The van der Waals surface area contributed by atoms with Gasteiger partial charge in [0.25, 0.3) is 0 Å². The molecule has 1 aliphatic rings. The minimum atomic E-state index is 0.188. The first kappa shape index (κ1) is 17.9. The molecule has 6 nitrogen and oxygen atoms in total. The molecule has 1 saturated heterocycles. The number of aromatic nitrogens is 3. The van der Waals surface area contributed by atoms with Crippen LogP contribution < -0.4 is 0 Å². The van der Waals surface area contributed by atoms with Gasteiger partial charge in [0.2, 0.25) is 5.91 Å². The molecule has 1 aliphatic heterocycles. The van der Waals surface area contributed by atoms with Crippen molar-refractivity contribution >= 4 is 17.7 Å². The number of benzene rings is 1. The van der Waals surface area contributed by atoms with Gasteiger partial charge in [0, 0.05) is 39.1 Å². The number of amides is 1. The van der Waals surface area contributed by atoms with E-state index in [1.807, 2.05) is 23.1 Å². The Morgan fingerprint density at radius 3 is 2.52 bits per heavy atom. The van der Waals surface area contributed by atoms with E-state index < -0.39 is 0 Å². The van der Waals surface area contributed by atoms with Crippen LogP contribution in [0.5, 0.6) is 0 Å². The molecule has 0 spiro atoms. The normalized spacial score (nSPS) is 15.5. The number of hydrogen-bond donors (Lipinski definition) is 0. The Kier molecular flexibility index (Phi) is 6.09. The molecule has 0 atom stereocenters. The van der Waals surface area contributed by atoms with Gasteiger partial charge in [-0.25, -0.2) is 0 Å². The summed E-state index contributed by atoms with van der Waals surface area (Å²) in [5, 5.41) is 9.48. The average Bonchev–Trinajstić information content (AvgIpc) is 3.02. The second kappa shape index (κ2) is 8.49. The topological polar surface area (TPSA) is 54.3 Å². The van der Waals surface area contributed by atoms with Crippen molar-refractivity contribution in [3.05, 3.63) is 41.7 Å². The van der Waals surface area contributed by atoms with Gasteiger partial charge in [-0.3, -0.25) is 4.79 Å². The van der Waals surface area contributed by atoms with E-state index in [0.29, 0.717) is 5.75 Å². The van der Waals surface area contributed by atoms with Crippen molar-refractivity contribution in [3.8, 4) is 0 Å². The predicted molar refractivity (Wildman–Crippen MR) is 99.7 cm³/mol. The SMILES string of the molecule is CCn1c(Cc2ccccc2)nnc1SCC(=O)N1CCN(C)CC1. The molecule has 1 fully saturated rings. The minimum Gasteiger partial charge on any atom is -0.339 e. The smallest absolute Gasteiger partial charge is 0.233 e. The number of carbonyl (C=O) groups excluding carboxylic acids is 1. The van der Waals surface area contributed by atoms with Gasteiger partial charge in [0.1, 0.15) is 5.82 Å². The van der Waals surface area contributed by atoms with Crippen molar-refractivity contribution in [1.82, 2.24) is 24.6 Å². The Morgan fingerprint density at radius 1 is 1.12 bits per heavy atom. The fraction of sp³-hybridized carbons (Fsp3) is 0.500. The Morgan fingerprint density at radius 2 is 1.84 bits per heavy atom. The summed E-state index contributed by atoms with van der Waals surface area (Å²) >= 11 is 1.49. The predicted octanol–water partition coefficient (Wildman–Crippen LogP) is 1.75. The highest BCUT2D eigenvalue weighted by Crippen LogP contribution is 2.19. The van der Waals surface area contributed by atoms with Crippen LogP contribution in [0.4, 0.5) is 0 Å². The lowest BCUT2D eigenvalue weighted by Gasteiger charge is -2.32. The van der Waals surface area contributed by atoms with Gasteiger partial charge in [-0.05, 0) is 19.5 Å². The zero-order chi connectivity index (χ0) is 17.6. The van der Waals surface area contributed by atoms with E-state index in [0.717, 1.165) is 50.1 Å². The quantitative estimate of drug-likeness (QED) is 0.736. The molecule has 0 aliphatic carbocycles. The maximum Gasteiger partial charge on any atom is 0.233 e. The number of likely N-dealkylation sites (N-methyl/N-ethyl adjacent to an activating group) is 1. The van der Waals surface area contributed by atoms with Gasteiger partial charge in [0.15, 0.2) is 5.16 Å². The van der Waals surface area contributed by atoms with Gasteiger partial charge >= 0.3 is 0 Å². The summed E-state index contributed by atoms with van der Waals surface area (Å²) < 4.78 is 2.11. The van der Waals surface area contributed by atoms with Gasteiger partial charge < -0.3 is 14.4 Å². The first-order valence-electron chi connectivity index (χ1n) is 8.72. The second-order valence-electron chi connectivity index (χ2n) is 6.28. The van der Waals surface area contributed by atoms with E-state index in [1.165, 1.54) is 17.3 Å². The Bertz CT molecular complexity index is 695. The van der Waals surface area contributed by atoms with Gasteiger partial charge in [-0.1, -0.05) is 42.1 Å². The fourth-order valence-corrected chi connectivity index (χ4v) is 3.85. The van der Waals surface area contributed by atoms with Crippen LogP contribution in [0.15, 0.2) is 35.5 Å². The lowest BCUT2D eigenvalue weighted by atomic mass is 10.1. The lowest BCUT2D eigenvalue weighted by Crippen LogP contribution is -2.47. The van der Waals surface area contributed by atoms with Gasteiger partial charge in [-0.15, -0.1) is 10.2 Å². The summed E-state index contributed by atoms with van der Waals surface area (Å²) in [6.45, 7) is 6.42. The summed E-state index contributed by atoms with van der Waals surface area (Å²) in [6, 6.07) is 10.3. The third-order valence-electron chi connectivity index (χ3n) is 4.50. The summed E-state index contributed by atoms with van der Waals surface area (Å²) in [5.74, 6) is 1.56. The monoisotopic (exact) mass is 359 g/mol. The highest BCUT2D eigenvalue weighted by atomic mass is 32.2. The molecule has 0 saturated carbocycles. The maximum atomic E-state index is 12.4. The van der Waals surface area contributed by atoms with Crippen LogP contribution in [0, 0.1) is 0 Å². The van der Waals surface area contributed by atoms with Crippen LogP contribution in [0.3, 0.4) is 0 Å². The molecule has 2 heterocycles. The van der Waals surface area contributed by atoms with Gasteiger partial charge in [0.05, 0.1) is 5.75 Å². The van der Waals surface area contributed by atoms with Gasteiger partial charge in [-0.2, -0.15) is 0 Å². The maximum absolute atomic E-state index is 12.4. The third kappa shape index (κ3) is 4.61. The number of thioether (sulfide) groups is 1. The number of carbonyl (C=O) groups is 1. The van der Waals surface area contributed by atoms with Crippen LogP contribution in [0.1, 0.15) is 18.3 Å². The summed E-state index contributed by atoms with van der Waals surface area (Å²) in [4.78, 5) is 16.6. The van der Waals surface area contributed by atoms with Crippen molar-refractivity contribution in [1.29, 1.82) is 0 Å². The number of nitrogens with zero attached hydrogens (tertiary/aromatic N) is 5. The van der Waals surface area contributed by atoms with Crippen molar-refractivity contribution in [2.45, 2.75) is 25.0 Å². The van der Waals surface area contributed by atoms with Crippen molar-refractivity contribution < 1.29 is 4.79 Å². The molecule has 2 aromatic rings. The zero-order valence-corrected chi connectivity index (χ0v) is 15.7. The van der Waals surface area contributed by atoms with E-state index in [1.54, 1.807) is 0 Å². The van der Waals surface area contributed by atoms with E-state index in [9.17, 15) is 4.79 Å². The molecule has 3 rings (SSSR count). The van der Waals surface area contributed by atoms with Crippen LogP contribution in [-0.4, -0.2) is 69.5 Å². The number of hydrogen-bond acceptors (Lipinski definition) is 5. The molecule has 7 heteroatoms. The molecule has 1 amide bonds. The first-order chi connectivity index (χ1) is 12.2. The Hall–Kier alpha value is -1.86. The van der Waals surface area contributed by atoms with Crippen LogP contribution in [0.25, 0.3) is 0 Å². The molecule has 1 aromatic heterocycles. The molecule has 134 valence electrons. The third-order valence-corrected chi connectivity index (χ3v) is 5.45. The van der Waals surface area contributed by atoms with Crippen LogP contribution in [-0.2, 0) is 17.8 Å². The zero-order valence-electron chi connectivity index (χ0n) is 14.9. The Balaban J connectivity index is 1.60. The highest BCUT2D eigenvalue weighted by Gasteiger charge is 2.20. The van der Waals surface area contributed by atoms with Crippen LogP contribution in [0.2, 0.25) is 0 Å². The number of rotatable bonds is 6. The summed E-state index contributed by atoms with van der Waals surface area (Å²) in [7, 11) is 2.09. The van der Waals surface area contributed by atoms with Crippen molar-refractivity contribution in [2.75, 3.05) is 39.0 Å². The lowest BCUT2D eigenvalue weighted by molar-refractivity contribution is -0.129. The van der Waals surface area contributed by atoms with Crippen molar-refractivity contribution in [2.24, 2.45) is 0 Å². The molecule has 0 N–H and O–H groups in total. The standard InChI is InChI=1S/C18H25N5OS/c1-3-23-16(13-15-7-5-4-6-8-15)19-20-18(23)25-14-17(24)22-11-9-21(2)10-12-22/h4-8H,3,9-14H2,1-2H3. The second-order valence-corrected chi connectivity index (χ2v) is 7.22. The van der Waals surface area contributed by atoms with E-state index >= 15 is 0 Å². The molecule has 0 bridgehead atoms. The van der Waals surface area contributed by atoms with Crippen molar-refractivity contribution in [3.63, 3.8) is 0 Å². The molecule has 1 aromatic carbocycles. The molecular weight excluding hydrogens is 334 g/mol. The summed E-state index contributed by atoms with van der Waals surface area (Å²) in [5.41, 5.74) is 1.22. The fourth-order valence-electron chi connectivity index (χ4n) is 2.93. The minimum absolute atomic E-state index is 0.188. The highest BCUT2D eigenvalue weighted by molar-refractivity contribution is 7.99. The summed E-state index contributed by atoms with van der Waals surface area (Å²) in [6.07, 6.45) is 0.759. The van der Waals surface area contributed by atoms with Crippen LogP contribution >= 0.6 is 11.8 Å². The number of piperazine rings is 1. The largest absolute Gasteiger partial charge is 0.339 e. The van der Waals surface area contributed by atoms with E-state index in [4.69, 9.17) is 0 Å². The Labute approximate surface area is 153 Å². The van der Waals surface area contributed by atoms with E-state index in [-0.39, 0.29) is 5.91 Å². The molecule has 0 unspecified atom stereocenters. The molecule has 25 heavy (non-hydrogen) atoms. The first-order valence-corrected chi connectivity index (χ1v) is 9.71.